The average molecular weight is 297 g/mol. The summed E-state index contributed by atoms with van der Waals surface area (Å²) in [6, 6.07) is 4.68. The molecule has 0 aliphatic heterocycles. The average Bonchev–Trinajstić information content (AvgIpc) is 2.88. The number of methoxy groups -OCH3 is 1. The number of nitro groups is 1. The van der Waals surface area contributed by atoms with Crippen molar-refractivity contribution < 1.29 is 9.66 Å². The first kappa shape index (κ1) is 14.3. The van der Waals surface area contributed by atoms with Gasteiger partial charge in [0.2, 0.25) is 5.75 Å². The Labute approximate surface area is 120 Å². The van der Waals surface area contributed by atoms with E-state index in [2.05, 4.69) is 10.2 Å². The van der Waals surface area contributed by atoms with Gasteiger partial charge in [0.15, 0.2) is 5.82 Å². The highest BCUT2D eigenvalue weighted by atomic mass is 35.5. The number of alkyl halides is 1. The molecule has 0 bridgehead atoms. The number of nitrogens with zero attached hydrogens (tertiary/aromatic N) is 4. The number of para-hydroxylation sites is 1. The standard InChI is InChI=1S/C12H13ClN4O3/c1-3-16-10(7-13)14-15-12(16)8-5-4-6-9(17(18)19)11(8)20-2/h4-6H,3,7H2,1-2H3. The third-order valence-electron chi connectivity index (χ3n) is 2.90. The molecule has 2 rings (SSSR count). The molecular weight excluding hydrogens is 284 g/mol. The van der Waals surface area contributed by atoms with E-state index in [1.807, 2.05) is 6.92 Å². The Hall–Kier alpha value is -2.15. The van der Waals surface area contributed by atoms with Crippen molar-refractivity contribution in [1.29, 1.82) is 0 Å². The van der Waals surface area contributed by atoms with Crippen LogP contribution in [0.15, 0.2) is 18.2 Å². The van der Waals surface area contributed by atoms with Crippen molar-refractivity contribution in [3.05, 3.63) is 34.1 Å². The van der Waals surface area contributed by atoms with Crippen LogP contribution in [0.2, 0.25) is 0 Å². The highest BCUT2D eigenvalue weighted by Gasteiger charge is 2.23. The molecule has 0 unspecified atom stereocenters. The molecule has 0 spiro atoms. The second kappa shape index (κ2) is 5.87. The van der Waals surface area contributed by atoms with E-state index in [1.54, 1.807) is 16.7 Å². The van der Waals surface area contributed by atoms with Gasteiger partial charge in [0.1, 0.15) is 5.82 Å². The van der Waals surface area contributed by atoms with Crippen LogP contribution in [0.4, 0.5) is 5.69 Å². The molecule has 0 aliphatic carbocycles. The number of benzene rings is 1. The van der Waals surface area contributed by atoms with Gasteiger partial charge in [0.25, 0.3) is 0 Å². The van der Waals surface area contributed by atoms with Gasteiger partial charge in [0, 0.05) is 12.6 Å². The highest BCUT2D eigenvalue weighted by Crippen LogP contribution is 2.37. The van der Waals surface area contributed by atoms with Crippen LogP contribution in [0, 0.1) is 10.1 Å². The molecule has 8 heteroatoms. The van der Waals surface area contributed by atoms with E-state index in [4.69, 9.17) is 16.3 Å². The quantitative estimate of drug-likeness (QED) is 0.481. The van der Waals surface area contributed by atoms with Crippen molar-refractivity contribution in [1.82, 2.24) is 14.8 Å². The Balaban J connectivity index is 2.67. The van der Waals surface area contributed by atoms with Gasteiger partial charge in [-0.15, -0.1) is 21.8 Å². The molecule has 0 fully saturated rings. The number of rotatable bonds is 5. The van der Waals surface area contributed by atoms with E-state index in [-0.39, 0.29) is 17.3 Å². The largest absolute Gasteiger partial charge is 0.490 e. The zero-order chi connectivity index (χ0) is 14.7. The summed E-state index contributed by atoms with van der Waals surface area (Å²) in [4.78, 5) is 10.6. The molecule has 106 valence electrons. The second-order valence-electron chi connectivity index (χ2n) is 3.93. The molecule has 20 heavy (non-hydrogen) atoms. The van der Waals surface area contributed by atoms with Gasteiger partial charge in [-0.05, 0) is 13.0 Å². The van der Waals surface area contributed by atoms with Gasteiger partial charge >= 0.3 is 5.69 Å². The molecule has 0 amide bonds. The van der Waals surface area contributed by atoms with Crippen LogP contribution >= 0.6 is 11.6 Å². The maximum absolute atomic E-state index is 11.0. The lowest BCUT2D eigenvalue weighted by molar-refractivity contribution is -0.385. The molecule has 0 N–H and O–H groups in total. The summed E-state index contributed by atoms with van der Waals surface area (Å²) in [6.45, 7) is 2.53. The summed E-state index contributed by atoms with van der Waals surface area (Å²) in [7, 11) is 1.39. The van der Waals surface area contributed by atoms with Gasteiger partial charge in [-0.1, -0.05) is 6.07 Å². The Kier molecular flexibility index (Phi) is 4.19. The van der Waals surface area contributed by atoms with Crippen LogP contribution in [0.25, 0.3) is 11.4 Å². The van der Waals surface area contributed by atoms with Gasteiger partial charge in [0.05, 0.1) is 23.5 Å². The number of nitro benzene ring substituents is 1. The number of ether oxygens (including phenoxy) is 1. The Bertz CT molecular complexity index is 642. The normalized spacial score (nSPS) is 10.6. The van der Waals surface area contributed by atoms with Crippen LogP contribution in [-0.4, -0.2) is 26.8 Å². The molecule has 0 saturated heterocycles. The summed E-state index contributed by atoms with van der Waals surface area (Å²) in [5.41, 5.74) is 0.412. The lowest BCUT2D eigenvalue weighted by atomic mass is 10.1. The fourth-order valence-electron chi connectivity index (χ4n) is 2.02. The molecule has 2 aromatic rings. The van der Waals surface area contributed by atoms with Crippen molar-refractivity contribution in [2.75, 3.05) is 7.11 Å². The fourth-order valence-corrected chi connectivity index (χ4v) is 2.22. The van der Waals surface area contributed by atoms with E-state index >= 15 is 0 Å². The van der Waals surface area contributed by atoms with Crippen molar-refractivity contribution in [3.63, 3.8) is 0 Å². The SMILES string of the molecule is CCn1c(CCl)nnc1-c1cccc([N+](=O)[O-])c1OC. The molecule has 0 radical (unpaired) electrons. The van der Waals surface area contributed by atoms with Crippen molar-refractivity contribution in [2.45, 2.75) is 19.3 Å². The molecule has 0 aliphatic rings. The predicted molar refractivity (Wildman–Crippen MR) is 73.9 cm³/mol. The Morgan fingerprint density at radius 1 is 1.45 bits per heavy atom. The van der Waals surface area contributed by atoms with E-state index < -0.39 is 4.92 Å². The summed E-state index contributed by atoms with van der Waals surface area (Å²) in [5, 5.41) is 19.1. The Morgan fingerprint density at radius 2 is 2.20 bits per heavy atom. The fraction of sp³-hybridized carbons (Fsp3) is 0.333. The second-order valence-corrected chi connectivity index (χ2v) is 4.20. The van der Waals surface area contributed by atoms with Crippen molar-refractivity contribution in [3.8, 4) is 17.1 Å². The van der Waals surface area contributed by atoms with Crippen molar-refractivity contribution >= 4 is 17.3 Å². The molecular formula is C12H13ClN4O3. The molecule has 1 aromatic heterocycles. The summed E-state index contributed by atoms with van der Waals surface area (Å²) in [5.74, 6) is 1.50. The van der Waals surface area contributed by atoms with Gasteiger partial charge in [-0.2, -0.15) is 0 Å². The van der Waals surface area contributed by atoms with Crippen LogP contribution in [0.3, 0.4) is 0 Å². The first-order chi connectivity index (χ1) is 9.63. The third kappa shape index (κ3) is 2.32. The van der Waals surface area contributed by atoms with E-state index in [0.717, 1.165) is 0 Å². The van der Waals surface area contributed by atoms with Crippen LogP contribution in [0.5, 0.6) is 5.75 Å². The first-order valence-electron chi connectivity index (χ1n) is 5.93. The zero-order valence-electron chi connectivity index (χ0n) is 11.0. The molecule has 1 aromatic carbocycles. The number of halogens is 1. The minimum absolute atomic E-state index is 0.108. The monoisotopic (exact) mass is 296 g/mol. The smallest absolute Gasteiger partial charge is 0.311 e. The van der Waals surface area contributed by atoms with E-state index in [1.165, 1.54) is 13.2 Å². The molecule has 0 atom stereocenters. The van der Waals surface area contributed by atoms with Crippen molar-refractivity contribution in [2.24, 2.45) is 0 Å². The summed E-state index contributed by atoms with van der Waals surface area (Å²) >= 11 is 5.80. The Morgan fingerprint density at radius 3 is 2.75 bits per heavy atom. The maximum Gasteiger partial charge on any atom is 0.311 e. The molecule has 1 heterocycles. The highest BCUT2D eigenvalue weighted by molar-refractivity contribution is 6.16. The topological polar surface area (TPSA) is 83.1 Å². The lowest BCUT2D eigenvalue weighted by Crippen LogP contribution is -2.03. The minimum Gasteiger partial charge on any atom is -0.490 e. The molecule has 0 saturated carbocycles. The number of aromatic nitrogens is 3. The van der Waals surface area contributed by atoms with Gasteiger partial charge in [-0.3, -0.25) is 10.1 Å². The minimum atomic E-state index is -0.489. The van der Waals surface area contributed by atoms with E-state index in [9.17, 15) is 10.1 Å². The van der Waals surface area contributed by atoms with E-state index in [0.29, 0.717) is 23.8 Å². The van der Waals surface area contributed by atoms with Crippen LogP contribution in [-0.2, 0) is 12.4 Å². The first-order valence-corrected chi connectivity index (χ1v) is 6.47. The number of hydrogen-bond donors (Lipinski definition) is 0. The zero-order valence-corrected chi connectivity index (χ0v) is 11.8. The predicted octanol–water partition coefficient (Wildman–Crippen LogP) is 2.62. The van der Waals surface area contributed by atoms with Gasteiger partial charge < -0.3 is 9.30 Å². The van der Waals surface area contributed by atoms with Gasteiger partial charge in [-0.25, -0.2) is 0 Å². The maximum atomic E-state index is 11.0. The van der Waals surface area contributed by atoms with Crippen LogP contribution in [0.1, 0.15) is 12.7 Å². The molecule has 7 nitrogen and oxygen atoms in total. The lowest BCUT2D eigenvalue weighted by Gasteiger charge is -2.10. The van der Waals surface area contributed by atoms with Crippen LogP contribution < -0.4 is 4.74 Å². The third-order valence-corrected chi connectivity index (χ3v) is 3.14. The number of hydrogen-bond acceptors (Lipinski definition) is 5. The summed E-state index contributed by atoms with van der Waals surface area (Å²) < 4.78 is 6.98. The summed E-state index contributed by atoms with van der Waals surface area (Å²) in [6.07, 6.45) is 0.